The van der Waals surface area contributed by atoms with E-state index in [-0.39, 0.29) is 42.1 Å². The van der Waals surface area contributed by atoms with Gasteiger partial charge in [0.05, 0.1) is 33.1 Å². The fourth-order valence-corrected chi connectivity index (χ4v) is 5.18. The molecule has 0 aliphatic heterocycles. The molecule has 9 nitrogen and oxygen atoms in total. The zero-order chi connectivity index (χ0) is 31.3. The van der Waals surface area contributed by atoms with E-state index in [4.69, 9.17) is 14.2 Å². The van der Waals surface area contributed by atoms with Crippen molar-refractivity contribution in [2.45, 2.75) is 38.6 Å². The first-order chi connectivity index (χ1) is 20.6. The number of amides is 2. The number of nitrogens with one attached hydrogen (secondary N) is 3. The molecule has 3 aromatic carbocycles. The maximum absolute atomic E-state index is 13.4. The molecule has 1 aliphatic carbocycles. The number of ether oxygens (including phenoxy) is 3. The number of rotatable bonds is 10. The second kappa shape index (κ2) is 13.5. The maximum atomic E-state index is 13.4. The van der Waals surface area contributed by atoms with Gasteiger partial charge >= 0.3 is 0 Å². The van der Waals surface area contributed by atoms with Gasteiger partial charge in [-0.25, -0.2) is 13.2 Å². The third-order valence-electron chi connectivity index (χ3n) is 7.08. The highest BCUT2D eigenvalue weighted by atomic mass is 19.2. The molecule has 0 bridgehead atoms. The number of carbonyl (C=O) groups excluding carboxylic acids is 2. The Hall–Kier alpha value is -4.74. The van der Waals surface area contributed by atoms with Gasteiger partial charge in [-0.2, -0.15) is 0 Å². The predicted molar refractivity (Wildman–Crippen MR) is 155 cm³/mol. The number of aryl methyl sites for hydroxylation is 1. The van der Waals surface area contributed by atoms with Crippen LogP contribution < -0.4 is 35.6 Å². The van der Waals surface area contributed by atoms with Crippen molar-refractivity contribution >= 4 is 23.2 Å². The van der Waals surface area contributed by atoms with Gasteiger partial charge in [-0.05, 0) is 54.2 Å². The first-order valence-electron chi connectivity index (χ1n) is 13.5. The van der Waals surface area contributed by atoms with Gasteiger partial charge in [-0.3, -0.25) is 14.4 Å². The molecular weight excluding hydrogens is 567 g/mol. The van der Waals surface area contributed by atoms with E-state index in [1.807, 2.05) is 6.07 Å². The van der Waals surface area contributed by atoms with Gasteiger partial charge in [0.1, 0.15) is 0 Å². The fourth-order valence-electron chi connectivity index (χ4n) is 5.18. The fraction of sp³-hybridized carbons (Fsp3) is 0.323. The standard InChI is InChI=1S/C31H32F3N3O6/c1-16(38)36-23-9-7-17-12-26(41-2)30(42-3)31(43-4)28(17)19-8-10-24(25(39)15-20(19)23)35-11-5-6-27(40)37-18-13-21(32)29(34)22(33)14-18/h8,10,12-15,23H,5-7,9,11H2,1-4H3,(H,35,39)(H,36,38)(H,37,40)/t23-/m1/s1. The lowest BCUT2D eigenvalue weighted by Crippen LogP contribution is -2.26. The van der Waals surface area contributed by atoms with E-state index >= 15 is 0 Å². The second-order valence-corrected chi connectivity index (χ2v) is 9.93. The van der Waals surface area contributed by atoms with Crippen LogP contribution in [-0.2, 0) is 16.0 Å². The molecule has 0 spiro atoms. The van der Waals surface area contributed by atoms with Crippen LogP contribution in [0.3, 0.4) is 0 Å². The summed E-state index contributed by atoms with van der Waals surface area (Å²) in [5.74, 6) is -3.90. The van der Waals surface area contributed by atoms with Crippen LogP contribution in [0.4, 0.5) is 24.5 Å². The molecule has 0 saturated carbocycles. The number of halogens is 3. The van der Waals surface area contributed by atoms with Crippen molar-refractivity contribution in [2.75, 3.05) is 38.5 Å². The van der Waals surface area contributed by atoms with Crippen molar-refractivity contribution in [2.24, 2.45) is 0 Å². The van der Waals surface area contributed by atoms with Gasteiger partial charge in [0.15, 0.2) is 29.0 Å². The van der Waals surface area contributed by atoms with Crippen LogP contribution in [0.5, 0.6) is 17.2 Å². The summed E-state index contributed by atoms with van der Waals surface area (Å²) in [6.45, 7) is 1.64. The number of fused-ring (bicyclic) bond motifs is 3. The quantitative estimate of drug-likeness (QED) is 0.219. The number of benzene rings is 2. The highest BCUT2D eigenvalue weighted by Gasteiger charge is 2.29. The Kier molecular flexibility index (Phi) is 9.79. The van der Waals surface area contributed by atoms with E-state index in [1.165, 1.54) is 34.3 Å². The lowest BCUT2D eigenvalue weighted by atomic mass is 9.95. The molecule has 2 amide bonds. The van der Waals surface area contributed by atoms with Crippen LogP contribution in [0, 0.1) is 17.5 Å². The molecule has 4 rings (SSSR count). The zero-order valence-electron chi connectivity index (χ0n) is 24.2. The Morgan fingerprint density at radius 3 is 2.28 bits per heavy atom. The molecule has 1 aliphatic rings. The van der Waals surface area contributed by atoms with Crippen molar-refractivity contribution < 1.29 is 37.0 Å². The van der Waals surface area contributed by atoms with E-state index in [0.717, 1.165) is 11.1 Å². The summed E-state index contributed by atoms with van der Waals surface area (Å²) >= 11 is 0. The lowest BCUT2D eigenvalue weighted by Gasteiger charge is -2.19. The van der Waals surface area contributed by atoms with Crippen LogP contribution in [0.1, 0.15) is 43.4 Å². The van der Waals surface area contributed by atoms with Gasteiger partial charge in [-0.15, -0.1) is 0 Å². The first-order valence-corrected chi connectivity index (χ1v) is 13.5. The minimum atomic E-state index is -1.62. The van der Waals surface area contributed by atoms with Crippen LogP contribution in [0.2, 0.25) is 0 Å². The predicted octanol–water partition coefficient (Wildman–Crippen LogP) is 5.11. The number of carbonyl (C=O) groups is 2. The first kappa shape index (κ1) is 31.2. The molecule has 0 unspecified atom stereocenters. The smallest absolute Gasteiger partial charge is 0.224 e. The number of methoxy groups -OCH3 is 3. The highest BCUT2D eigenvalue weighted by molar-refractivity contribution is 5.90. The van der Waals surface area contributed by atoms with Crippen molar-refractivity contribution in [1.29, 1.82) is 0 Å². The van der Waals surface area contributed by atoms with Gasteiger partial charge in [-0.1, -0.05) is 6.07 Å². The molecule has 43 heavy (non-hydrogen) atoms. The molecule has 12 heteroatoms. The average molecular weight is 600 g/mol. The number of hydrogen-bond donors (Lipinski definition) is 3. The maximum Gasteiger partial charge on any atom is 0.224 e. The largest absolute Gasteiger partial charge is 0.493 e. The molecule has 0 heterocycles. The topological polar surface area (TPSA) is 115 Å². The molecule has 0 saturated heterocycles. The molecule has 3 N–H and O–H groups in total. The van der Waals surface area contributed by atoms with Crippen molar-refractivity contribution in [3.63, 3.8) is 0 Å². The summed E-state index contributed by atoms with van der Waals surface area (Å²) in [6, 6.07) is 7.67. The Labute approximate surface area is 246 Å². The Bertz CT molecular complexity index is 1590. The van der Waals surface area contributed by atoms with E-state index in [9.17, 15) is 27.6 Å². The SMILES string of the molecule is COc1cc2c(c(OC)c1OC)-c1ccc(NCCCC(=O)Nc3cc(F)c(F)c(F)c3)c(=O)cc1[C@H](NC(C)=O)CC2. The third-order valence-corrected chi connectivity index (χ3v) is 7.08. The third kappa shape index (κ3) is 6.85. The summed E-state index contributed by atoms with van der Waals surface area (Å²) in [7, 11) is 4.55. The highest BCUT2D eigenvalue weighted by Crippen LogP contribution is 2.50. The second-order valence-electron chi connectivity index (χ2n) is 9.93. The minimum absolute atomic E-state index is 0.0337. The van der Waals surface area contributed by atoms with E-state index in [1.54, 1.807) is 12.1 Å². The van der Waals surface area contributed by atoms with Crippen molar-refractivity contribution in [3.05, 3.63) is 75.2 Å². The minimum Gasteiger partial charge on any atom is -0.493 e. The molecule has 1 atom stereocenters. The lowest BCUT2D eigenvalue weighted by molar-refractivity contribution is -0.119. The van der Waals surface area contributed by atoms with Gasteiger partial charge in [0.2, 0.25) is 23.0 Å². The summed E-state index contributed by atoms with van der Waals surface area (Å²) in [5.41, 5.74) is 2.62. The molecule has 0 aromatic heterocycles. The molecular formula is C31H32F3N3O6. The summed E-state index contributed by atoms with van der Waals surface area (Å²) < 4.78 is 56.9. The van der Waals surface area contributed by atoms with E-state index < -0.39 is 29.4 Å². The zero-order valence-corrected chi connectivity index (χ0v) is 24.2. The van der Waals surface area contributed by atoms with E-state index in [2.05, 4.69) is 16.0 Å². The van der Waals surface area contributed by atoms with Crippen molar-refractivity contribution in [1.82, 2.24) is 5.32 Å². The summed E-state index contributed by atoms with van der Waals surface area (Å²) in [4.78, 5) is 37.7. The van der Waals surface area contributed by atoms with E-state index in [0.29, 0.717) is 53.3 Å². The molecule has 0 fully saturated rings. The van der Waals surface area contributed by atoms with Gasteiger partial charge in [0.25, 0.3) is 0 Å². The molecule has 3 aromatic rings. The monoisotopic (exact) mass is 599 g/mol. The van der Waals surface area contributed by atoms with Crippen LogP contribution in [0.15, 0.2) is 41.2 Å². The van der Waals surface area contributed by atoms with Crippen LogP contribution in [0.25, 0.3) is 11.1 Å². The van der Waals surface area contributed by atoms with Crippen LogP contribution >= 0.6 is 0 Å². The summed E-state index contributed by atoms with van der Waals surface area (Å²) in [6.07, 6.45) is 1.32. The van der Waals surface area contributed by atoms with Crippen LogP contribution in [-0.4, -0.2) is 39.7 Å². The molecule has 228 valence electrons. The Balaban J connectivity index is 1.60. The Morgan fingerprint density at radius 1 is 0.953 bits per heavy atom. The average Bonchev–Trinajstić information content (AvgIpc) is 3.21. The van der Waals surface area contributed by atoms with Crippen molar-refractivity contribution in [3.8, 4) is 28.4 Å². The Morgan fingerprint density at radius 2 is 1.65 bits per heavy atom. The number of hydrogen-bond acceptors (Lipinski definition) is 7. The van der Waals surface area contributed by atoms with Gasteiger partial charge < -0.3 is 30.2 Å². The number of anilines is 2. The normalized spacial score (nSPS) is 13.6. The summed E-state index contributed by atoms with van der Waals surface area (Å²) in [5, 5.41) is 8.32. The van der Waals surface area contributed by atoms with Gasteiger partial charge in [0, 0.05) is 43.3 Å². The molecule has 0 radical (unpaired) electrons.